The SMILES string of the molecule is O=C(O)c1cccc(C(=O)O)c1Nc1nc(Cl)nc(Cl)n1. The van der Waals surface area contributed by atoms with Crippen LogP contribution in [0.25, 0.3) is 0 Å². The van der Waals surface area contributed by atoms with Crippen LogP contribution in [0, 0.1) is 0 Å². The fourth-order valence-corrected chi connectivity index (χ4v) is 1.90. The van der Waals surface area contributed by atoms with E-state index < -0.39 is 11.9 Å². The standard InChI is InChI=1S/C11H6Cl2N4O4/c12-9-15-10(13)17-11(16-9)14-6-4(7(18)19)2-1-3-5(6)8(20)21/h1-3H,(H,18,19)(H,20,21)(H,14,15,16,17). The third-order valence-electron chi connectivity index (χ3n) is 2.34. The largest absolute Gasteiger partial charge is 0.478 e. The minimum Gasteiger partial charge on any atom is -0.478 e. The second-order valence-electron chi connectivity index (χ2n) is 3.66. The number of benzene rings is 1. The van der Waals surface area contributed by atoms with E-state index in [4.69, 9.17) is 33.4 Å². The number of rotatable bonds is 4. The molecule has 2 rings (SSSR count). The molecule has 0 saturated heterocycles. The van der Waals surface area contributed by atoms with E-state index in [0.717, 1.165) is 0 Å². The van der Waals surface area contributed by atoms with Crippen LogP contribution < -0.4 is 5.32 Å². The van der Waals surface area contributed by atoms with Crippen LogP contribution in [0.15, 0.2) is 18.2 Å². The van der Waals surface area contributed by atoms with Gasteiger partial charge in [0.25, 0.3) is 0 Å². The molecule has 0 fully saturated rings. The molecule has 0 unspecified atom stereocenters. The predicted octanol–water partition coefficient (Wildman–Crippen LogP) is 2.32. The maximum absolute atomic E-state index is 11.2. The van der Waals surface area contributed by atoms with Gasteiger partial charge in [0, 0.05) is 0 Å². The van der Waals surface area contributed by atoms with Gasteiger partial charge in [0.15, 0.2) is 0 Å². The first-order valence-corrected chi connectivity index (χ1v) is 6.08. The molecule has 0 saturated carbocycles. The highest BCUT2D eigenvalue weighted by Crippen LogP contribution is 2.25. The first-order chi connectivity index (χ1) is 9.88. The third kappa shape index (κ3) is 3.36. The van der Waals surface area contributed by atoms with Gasteiger partial charge in [-0.3, -0.25) is 0 Å². The molecular weight excluding hydrogens is 323 g/mol. The molecule has 1 heterocycles. The van der Waals surface area contributed by atoms with Crippen LogP contribution >= 0.6 is 23.2 Å². The molecule has 0 amide bonds. The van der Waals surface area contributed by atoms with Gasteiger partial charge in [-0.05, 0) is 35.3 Å². The van der Waals surface area contributed by atoms with Crippen molar-refractivity contribution in [2.75, 3.05) is 5.32 Å². The Kier molecular flexibility index (Phi) is 4.20. The summed E-state index contributed by atoms with van der Waals surface area (Å²) in [4.78, 5) is 33.3. The molecule has 8 nitrogen and oxygen atoms in total. The fraction of sp³-hybridized carbons (Fsp3) is 0. The van der Waals surface area contributed by atoms with Crippen molar-refractivity contribution in [2.45, 2.75) is 0 Å². The molecular formula is C11H6Cl2N4O4. The number of aromatic nitrogens is 3. The third-order valence-corrected chi connectivity index (χ3v) is 2.68. The van der Waals surface area contributed by atoms with Gasteiger partial charge in [-0.15, -0.1) is 0 Å². The van der Waals surface area contributed by atoms with Gasteiger partial charge >= 0.3 is 11.9 Å². The monoisotopic (exact) mass is 328 g/mol. The topological polar surface area (TPSA) is 125 Å². The lowest BCUT2D eigenvalue weighted by atomic mass is 10.1. The van der Waals surface area contributed by atoms with E-state index in [0.29, 0.717) is 0 Å². The number of carboxylic acid groups (broad SMARTS) is 2. The molecule has 21 heavy (non-hydrogen) atoms. The molecule has 1 aromatic heterocycles. The van der Waals surface area contributed by atoms with Crippen molar-refractivity contribution in [3.05, 3.63) is 39.9 Å². The van der Waals surface area contributed by atoms with Crippen LogP contribution in [-0.2, 0) is 0 Å². The average molecular weight is 329 g/mol. The summed E-state index contributed by atoms with van der Waals surface area (Å²) < 4.78 is 0. The van der Waals surface area contributed by atoms with E-state index in [9.17, 15) is 9.59 Å². The summed E-state index contributed by atoms with van der Waals surface area (Å²) in [6.07, 6.45) is 0. The minimum atomic E-state index is -1.31. The second-order valence-corrected chi connectivity index (χ2v) is 4.34. The molecule has 0 aliphatic heterocycles. The zero-order chi connectivity index (χ0) is 15.6. The minimum absolute atomic E-state index is 0.170. The van der Waals surface area contributed by atoms with E-state index in [1.165, 1.54) is 18.2 Å². The summed E-state index contributed by atoms with van der Waals surface area (Å²) in [5.74, 6) is -2.80. The number of hydrogen-bond acceptors (Lipinski definition) is 6. The van der Waals surface area contributed by atoms with E-state index in [1.807, 2.05) is 0 Å². The Morgan fingerprint density at radius 1 is 0.952 bits per heavy atom. The summed E-state index contributed by atoms with van der Waals surface area (Å²) in [7, 11) is 0. The lowest BCUT2D eigenvalue weighted by Gasteiger charge is -2.11. The number of halogens is 2. The number of nitrogens with zero attached hydrogens (tertiary/aromatic N) is 3. The lowest BCUT2D eigenvalue weighted by Crippen LogP contribution is -2.11. The molecule has 0 atom stereocenters. The number of aromatic carboxylic acids is 2. The number of hydrogen-bond donors (Lipinski definition) is 3. The average Bonchev–Trinajstić information content (AvgIpc) is 2.37. The Labute approximate surface area is 127 Å². The Morgan fingerprint density at radius 2 is 1.43 bits per heavy atom. The maximum Gasteiger partial charge on any atom is 0.337 e. The van der Waals surface area contributed by atoms with E-state index in [1.54, 1.807) is 0 Å². The number of carbonyl (C=O) groups is 2. The Hall–Kier alpha value is -2.45. The molecule has 1 aromatic carbocycles. The zero-order valence-corrected chi connectivity index (χ0v) is 11.6. The summed E-state index contributed by atoms with van der Waals surface area (Å²) in [5, 5.41) is 20.3. The molecule has 10 heteroatoms. The van der Waals surface area contributed by atoms with Crippen molar-refractivity contribution in [3.8, 4) is 0 Å². The van der Waals surface area contributed by atoms with Gasteiger partial charge in [0.05, 0.1) is 16.8 Å². The molecule has 0 aliphatic carbocycles. The quantitative estimate of drug-likeness (QED) is 0.780. The smallest absolute Gasteiger partial charge is 0.337 e. The summed E-state index contributed by atoms with van der Waals surface area (Å²) in [5.41, 5.74) is -0.707. The lowest BCUT2D eigenvalue weighted by molar-refractivity contribution is 0.0696. The predicted molar refractivity (Wildman–Crippen MR) is 73.5 cm³/mol. The van der Waals surface area contributed by atoms with Crippen LogP contribution in [0.3, 0.4) is 0 Å². The summed E-state index contributed by atoms with van der Waals surface area (Å²) >= 11 is 11.2. The number of carboxylic acids is 2. The van der Waals surface area contributed by atoms with E-state index >= 15 is 0 Å². The summed E-state index contributed by atoms with van der Waals surface area (Å²) in [6, 6.07) is 3.79. The normalized spacial score (nSPS) is 10.2. The Bertz CT molecular complexity index is 686. The van der Waals surface area contributed by atoms with Crippen LogP contribution in [0.1, 0.15) is 20.7 Å². The van der Waals surface area contributed by atoms with Crippen LogP contribution in [-0.4, -0.2) is 37.1 Å². The molecule has 3 N–H and O–H groups in total. The first-order valence-electron chi connectivity index (χ1n) is 5.32. The Balaban J connectivity index is 2.56. The van der Waals surface area contributed by atoms with Crippen LogP contribution in [0.2, 0.25) is 10.6 Å². The van der Waals surface area contributed by atoms with Crippen molar-refractivity contribution in [3.63, 3.8) is 0 Å². The highest BCUT2D eigenvalue weighted by molar-refractivity contribution is 6.31. The molecule has 0 bridgehead atoms. The number of anilines is 2. The molecule has 108 valence electrons. The van der Waals surface area contributed by atoms with Gasteiger partial charge in [-0.1, -0.05) is 6.07 Å². The summed E-state index contributed by atoms with van der Waals surface area (Å²) in [6.45, 7) is 0. The second kappa shape index (κ2) is 5.90. The molecule has 0 radical (unpaired) electrons. The fourth-order valence-electron chi connectivity index (χ4n) is 1.54. The van der Waals surface area contributed by atoms with Gasteiger partial charge in [0.1, 0.15) is 0 Å². The van der Waals surface area contributed by atoms with Gasteiger partial charge in [0.2, 0.25) is 16.5 Å². The van der Waals surface area contributed by atoms with Crippen molar-refractivity contribution in [1.82, 2.24) is 15.0 Å². The van der Waals surface area contributed by atoms with E-state index in [2.05, 4.69) is 20.3 Å². The number of para-hydroxylation sites is 1. The van der Waals surface area contributed by atoms with E-state index in [-0.39, 0.29) is 33.3 Å². The van der Waals surface area contributed by atoms with Gasteiger partial charge < -0.3 is 15.5 Å². The van der Waals surface area contributed by atoms with Crippen LogP contribution in [0.4, 0.5) is 11.6 Å². The van der Waals surface area contributed by atoms with Crippen molar-refractivity contribution >= 4 is 46.8 Å². The van der Waals surface area contributed by atoms with Gasteiger partial charge in [-0.25, -0.2) is 9.59 Å². The van der Waals surface area contributed by atoms with Crippen molar-refractivity contribution < 1.29 is 19.8 Å². The molecule has 0 aliphatic rings. The zero-order valence-electron chi connectivity index (χ0n) is 10.0. The molecule has 0 spiro atoms. The van der Waals surface area contributed by atoms with Crippen molar-refractivity contribution in [1.29, 1.82) is 0 Å². The maximum atomic E-state index is 11.2. The highest BCUT2D eigenvalue weighted by atomic mass is 35.5. The van der Waals surface area contributed by atoms with Gasteiger partial charge in [-0.2, -0.15) is 15.0 Å². The van der Waals surface area contributed by atoms with Crippen LogP contribution in [0.5, 0.6) is 0 Å². The highest BCUT2D eigenvalue weighted by Gasteiger charge is 2.19. The van der Waals surface area contributed by atoms with Crippen molar-refractivity contribution in [2.24, 2.45) is 0 Å². The number of nitrogens with one attached hydrogen (secondary N) is 1. The first kappa shape index (κ1) is 14.9. The molecule has 2 aromatic rings. The Morgan fingerprint density at radius 3 is 1.86 bits per heavy atom.